The van der Waals surface area contributed by atoms with Gasteiger partial charge in [-0.25, -0.2) is 4.98 Å². The van der Waals surface area contributed by atoms with Crippen LogP contribution in [0.1, 0.15) is 25.7 Å². The Bertz CT molecular complexity index is 659. The SMILES string of the molecule is COC(=O)CCC1CCCN(c2cnc3ccccc3n2)C1. The first-order chi connectivity index (χ1) is 10.8. The van der Waals surface area contributed by atoms with Gasteiger partial charge in [0, 0.05) is 19.5 Å². The van der Waals surface area contributed by atoms with Gasteiger partial charge >= 0.3 is 5.97 Å². The summed E-state index contributed by atoms with van der Waals surface area (Å²) in [7, 11) is 1.44. The van der Waals surface area contributed by atoms with Gasteiger partial charge in [0.05, 0.1) is 24.3 Å². The number of anilines is 1. The van der Waals surface area contributed by atoms with Gasteiger partial charge < -0.3 is 9.64 Å². The van der Waals surface area contributed by atoms with E-state index in [4.69, 9.17) is 9.72 Å². The zero-order valence-electron chi connectivity index (χ0n) is 12.9. The summed E-state index contributed by atoms with van der Waals surface area (Å²) >= 11 is 0. The number of esters is 1. The number of carbonyl (C=O) groups is 1. The molecule has 2 aromatic rings. The van der Waals surface area contributed by atoms with E-state index in [1.54, 1.807) is 0 Å². The second kappa shape index (κ2) is 6.73. The van der Waals surface area contributed by atoms with Gasteiger partial charge in [0.1, 0.15) is 5.82 Å². The maximum Gasteiger partial charge on any atom is 0.305 e. The van der Waals surface area contributed by atoms with E-state index < -0.39 is 0 Å². The second-order valence-electron chi connectivity index (χ2n) is 5.79. The number of para-hydroxylation sites is 2. The number of benzene rings is 1. The van der Waals surface area contributed by atoms with Crippen molar-refractivity contribution in [3.63, 3.8) is 0 Å². The van der Waals surface area contributed by atoms with Crippen molar-refractivity contribution in [2.24, 2.45) is 5.92 Å². The maximum atomic E-state index is 11.3. The summed E-state index contributed by atoms with van der Waals surface area (Å²) in [5, 5.41) is 0. The third-order valence-electron chi connectivity index (χ3n) is 4.26. The van der Waals surface area contributed by atoms with Gasteiger partial charge in [0.25, 0.3) is 0 Å². The molecule has 5 heteroatoms. The predicted octanol–water partition coefficient (Wildman–Crippen LogP) is 2.80. The van der Waals surface area contributed by atoms with E-state index in [1.807, 2.05) is 30.5 Å². The highest BCUT2D eigenvalue weighted by molar-refractivity contribution is 5.75. The van der Waals surface area contributed by atoms with Gasteiger partial charge in [0.2, 0.25) is 0 Å². The van der Waals surface area contributed by atoms with Crippen LogP contribution in [0.15, 0.2) is 30.5 Å². The molecule has 0 N–H and O–H groups in total. The lowest BCUT2D eigenvalue weighted by Crippen LogP contribution is -2.36. The number of ether oxygens (including phenoxy) is 1. The van der Waals surface area contributed by atoms with Crippen molar-refractivity contribution in [3.8, 4) is 0 Å². The molecule has 0 radical (unpaired) electrons. The summed E-state index contributed by atoms with van der Waals surface area (Å²) in [5.41, 5.74) is 1.85. The van der Waals surface area contributed by atoms with Crippen molar-refractivity contribution in [2.75, 3.05) is 25.1 Å². The van der Waals surface area contributed by atoms with Crippen molar-refractivity contribution < 1.29 is 9.53 Å². The fourth-order valence-electron chi connectivity index (χ4n) is 3.03. The number of aromatic nitrogens is 2. The first kappa shape index (κ1) is 14.8. The number of fused-ring (bicyclic) bond motifs is 1. The summed E-state index contributed by atoms with van der Waals surface area (Å²) in [6, 6.07) is 7.92. The average molecular weight is 299 g/mol. The third-order valence-corrected chi connectivity index (χ3v) is 4.26. The van der Waals surface area contributed by atoms with Crippen LogP contribution in [0.5, 0.6) is 0 Å². The van der Waals surface area contributed by atoms with Crippen LogP contribution in [0.3, 0.4) is 0 Å². The maximum absolute atomic E-state index is 11.3. The average Bonchev–Trinajstić information content (AvgIpc) is 2.59. The number of nitrogens with zero attached hydrogens (tertiary/aromatic N) is 3. The number of methoxy groups -OCH3 is 1. The molecule has 0 bridgehead atoms. The lowest BCUT2D eigenvalue weighted by molar-refractivity contribution is -0.140. The number of rotatable bonds is 4. The Balaban J connectivity index is 1.68. The van der Waals surface area contributed by atoms with Gasteiger partial charge in [-0.2, -0.15) is 0 Å². The quantitative estimate of drug-likeness (QED) is 0.813. The van der Waals surface area contributed by atoms with Crippen LogP contribution in [0.25, 0.3) is 11.0 Å². The molecule has 116 valence electrons. The Labute approximate surface area is 130 Å². The second-order valence-corrected chi connectivity index (χ2v) is 5.79. The van der Waals surface area contributed by atoms with Crippen LogP contribution in [-0.4, -0.2) is 36.1 Å². The fourth-order valence-corrected chi connectivity index (χ4v) is 3.03. The summed E-state index contributed by atoms with van der Waals surface area (Å²) in [6.45, 7) is 1.94. The molecule has 0 aliphatic carbocycles. The van der Waals surface area contributed by atoms with Crippen molar-refractivity contribution in [2.45, 2.75) is 25.7 Å². The minimum Gasteiger partial charge on any atom is -0.469 e. The van der Waals surface area contributed by atoms with Crippen LogP contribution < -0.4 is 4.90 Å². The molecule has 5 nitrogen and oxygen atoms in total. The third kappa shape index (κ3) is 3.35. The first-order valence-corrected chi connectivity index (χ1v) is 7.80. The van der Waals surface area contributed by atoms with Gasteiger partial charge in [-0.15, -0.1) is 0 Å². The predicted molar refractivity (Wildman–Crippen MR) is 85.7 cm³/mol. The molecule has 1 aliphatic rings. The largest absolute Gasteiger partial charge is 0.469 e. The van der Waals surface area contributed by atoms with E-state index in [1.165, 1.54) is 7.11 Å². The lowest BCUT2D eigenvalue weighted by atomic mass is 9.93. The van der Waals surface area contributed by atoms with E-state index in [0.29, 0.717) is 12.3 Å². The van der Waals surface area contributed by atoms with Gasteiger partial charge in [-0.3, -0.25) is 9.78 Å². The number of hydrogen-bond donors (Lipinski definition) is 0. The molecule has 0 amide bonds. The molecule has 1 aromatic heterocycles. The van der Waals surface area contributed by atoms with Crippen LogP contribution in [0, 0.1) is 5.92 Å². The van der Waals surface area contributed by atoms with E-state index in [-0.39, 0.29) is 5.97 Å². The molecule has 22 heavy (non-hydrogen) atoms. The zero-order valence-corrected chi connectivity index (χ0v) is 12.9. The molecule has 0 saturated carbocycles. The minimum absolute atomic E-state index is 0.123. The molecule has 1 fully saturated rings. The van der Waals surface area contributed by atoms with Crippen molar-refractivity contribution >= 4 is 22.8 Å². The van der Waals surface area contributed by atoms with Gasteiger partial charge in [-0.05, 0) is 37.3 Å². The summed E-state index contributed by atoms with van der Waals surface area (Å²) < 4.78 is 4.73. The zero-order chi connectivity index (χ0) is 15.4. The summed E-state index contributed by atoms with van der Waals surface area (Å²) in [4.78, 5) is 22.8. The van der Waals surface area contributed by atoms with Crippen molar-refractivity contribution in [1.29, 1.82) is 0 Å². The molecule has 2 heterocycles. The smallest absolute Gasteiger partial charge is 0.305 e. The first-order valence-electron chi connectivity index (χ1n) is 7.80. The van der Waals surface area contributed by atoms with Gasteiger partial charge in [-0.1, -0.05) is 12.1 Å². The molecule has 1 aromatic carbocycles. The fraction of sp³-hybridized carbons (Fsp3) is 0.471. The molecular formula is C17H21N3O2. The van der Waals surface area contributed by atoms with Crippen LogP contribution in [0.2, 0.25) is 0 Å². The minimum atomic E-state index is -0.123. The standard InChI is InChI=1S/C17H21N3O2/c1-22-17(21)9-8-13-5-4-10-20(12-13)16-11-18-14-6-2-3-7-15(14)19-16/h2-3,6-7,11,13H,4-5,8-10,12H2,1H3. The number of piperidine rings is 1. The molecule has 1 atom stereocenters. The summed E-state index contributed by atoms with van der Waals surface area (Å²) in [5.74, 6) is 1.32. The lowest BCUT2D eigenvalue weighted by Gasteiger charge is -2.33. The Morgan fingerprint density at radius 2 is 2.18 bits per heavy atom. The van der Waals surface area contributed by atoms with Gasteiger partial charge in [0.15, 0.2) is 0 Å². The highest BCUT2D eigenvalue weighted by atomic mass is 16.5. The van der Waals surface area contributed by atoms with Crippen LogP contribution in [0.4, 0.5) is 5.82 Å². The van der Waals surface area contributed by atoms with E-state index in [0.717, 1.165) is 49.2 Å². The van der Waals surface area contributed by atoms with E-state index in [2.05, 4.69) is 9.88 Å². The monoisotopic (exact) mass is 299 g/mol. The van der Waals surface area contributed by atoms with E-state index in [9.17, 15) is 4.79 Å². The Hall–Kier alpha value is -2.17. The molecule has 3 rings (SSSR count). The van der Waals surface area contributed by atoms with Crippen molar-refractivity contribution in [1.82, 2.24) is 9.97 Å². The van der Waals surface area contributed by atoms with Crippen LogP contribution >= 0.6 is 0 Å². The normalized spacial score (nSPS) is 18.4. The molecule has 0 spiro atoms. The Morgan fingerprint density at radius 3 is 3.00 bits per heavy atom. The molecular weight excluding hydrogens is 278 g/mol. The van der Waals surface area contributed by atoms with E-state index >= 15 is 0 Å². The highest BCUT2D eigenvalue weighted by Gasteiger charge is 2.22. The molecule has 1 aliphatic heterocycles. The highest BCUT2D eigenvalue weighted by Crippen LogP contribution is 2.25. The number of hydrogen-bond acceptors (Lipinski definition) is 5. The number of carbonyl (C=O) groups excluding carboxylic acids is 1. The summed E-state index contributed by atoms with van der Waals surface area (Å²) in [6.07, 6.45) is 5.52. The Morgan fingerprint density at radius 1 is 1.36 bits per heavy atom. The molecule has 1 saturated heterocycles. The molecule has 1 unspecified atom stereocenters. The Kier molecular flexibility index (Phi) is 4.51. The van der Waals surface area contributed by atoms with Crippen LogP contribution in [-0.2, 0) is 9.53 Å². The topological polar surface area (TPSA) is 55.3 Å². The van der Waals surface area contributed by atoms with Crippen molar-refractivity contribution in [3.05, 3.63) is 30.5 Å².